The van der Waals surface area contributed by atoms with E-state index in [0.29, 0.717) is 0 Å². The van der Waals surface area contributed by atoms with Crippen LogP contribution in [-0.2, 0) is 4.74 Å². The number of aromatic nitrogens is 4. The number of hydrogen-bond donors (Lipinski definition) is 0. The normalized spacial score (nSPS) is 11.1. The second kappa shape index (κ2) is 6.19. The van der Waals surface area contributed by atoms with Crippen LogP contribution in [0.4, 0.5) is 5.82 Å². The summed E-state index contributed by atoms with van der Waals surface area (Å²) in [4.78, 5) is 2.11. The minimum Gasteiger partial charge on any atom is -0.385 e. The van der Waals surface area contributed by atoms with Gasteiger partial charge in [-0.2, -0.15) is 15.9 Å². The molecule has 3 aromatic rings. The molecule has 0 aliphatic rings. The number of thiophene rings is 1. The van der Waals surface area contributed by atoms with Crippen molar-refractivity contribution >= 4 is 22.8 Å². The molecule has 3 rings (SSSR count). The molecule has 3 heterocycles. The number of nitrogens with zero attached hydrogens (tertiary/aromatic N) is 5. The summed E-state index contributed by atoms with van der Waals surface area (Å²) in [6.45, 7) is 1.64. The van der Waals surface area contributed by atoms with Gasteiger partial charge in [-0.15, -0.1) is 15.3 Å². The second-order valence-corrected chi connectivity index (χ2v) is 5.55. The lowest BCUT2D eigenvalue weighted by Crippen LogP contribution is -2.21. The Labute approximate surface area is 127 Å². The van der Waals surface area contributed by atoms with Crippen molar-refractivity contribution in [3.8, 4) is 11.4 Å². The number of rotatable bonds is 6. The maximum absolute atomic E-state index is 5.08. The summed E-state index contributed by atoms with van der Waals surface area (Å²) < 4.78 is 6.88. The average molecular weight is 303 g/mol. The number of methoxy groups -OCH3 is 1. The lowest BCUT2D eigenvalue weighted by atomic mass is 10.3. The fourth-order valence-electron chi connectivity index (χ4n) is 2.12. The molecule has 21 heavy (non-hydrogen) atoms. The van der Waals surface area contributed by atoms with Gasteiger partial charge in [0.1, 0.15) is 5.82 Å². The Hall–Kier alpha value is -1.99. The molecule has 0 amide bonds. The molecule has 0 spiro atoms. The van der Waals surface area contributed by atoms with E-state index in [1.54, 1.807) is 23.0 Å². The molecule has 0 bridgehead atoms. The first-order valence-corrected chi connectivity index (χ1v) is 7.69. The number of fused-ring (bicyclic) bond motifs is 1. The number of anilines is 1. The molecule has 0 aromatic carbocycles. The summed E-state index contributed by atoms with van der Waals surface area (Å²) in [6, 6.07) is 5.93. The fourth-order valence-corrected chi connectivity index (χ4v) is 2.75. The van der Waals surface area contributed by atoms with Crippen molar-refractivity contribution in [2.75, 3.05) is 32.2 Å². The van der Waals surface area contributed by atoms with Crippen LogP contribution >= 0.6 is 11.3 Å². The van der Waals surface area contributed by atoms with Gasteiger partial charge in [-0.05, 0) is 30.0 Å². The first-order chi connectivity index (χ1) is 10.3. The van der Waals surface area contributed by atoms with Crippen LogP contribution in [-0.4, -0.2) is 47.1 Å². The Morgan fingerprint density at radius 1 is 1.29 bits per heavy atom. The maximum atomic E-state index is 5.08. The second-order valence-electron chi connectivity index (χ2n) is 4.77. The molecule has 110 valence electrons. The largest absolute Gasteiger partial charge is 0.385 e. The van der Waals surface area contributed by atoms with E-state index < -0.39 is 0 Å². The highest BCUT2D eigenvalue weighted by atomic mass is 32.1. The molecule has 0 N–H and O–H groups in total. The van der Waals surface area contributed by atoms with E-state index in [1.165, 1.54) is 0 Å². The monoisotopic (exact) mass is 303 g/mol. The van der Waals surface area contributed by atoms with E-state index in [9.17, 15) is 0 Å². The Balaban J connectivity index is 1.90. The Morgan fingerprint density at radius 2 is 2.19 bits per heavy atom. The first kappa shape index (κ1) is 14.0. The van der Waals surface area contributed by atoms with Gasteiger partial charge in [0, 0.05) is 38.3 Å². The fraction of sp³-hybridized carbons (Fsp3) is 0.357. The summed E-state index contributed by atoms with van der Waals surface area (Å²) in [6.07, 6.45) is 0.965. The van der Waals surface area contributed by atoms with Gasteiger partial charge in [0.2, 0.25) is 0 Å². The predicted octanol–water partition coefficient (Wildman–Crippen LogP) is 2.33. The van der Waals surface area contributed by atoms with Crippen LogP contribution in [0.5, 0.6) is 0 Å². The van der Waals surface area contributed by atoms with Crippen LogP contribution in [0.15, 0.2) is 29.0 Å². The van der Waals surface area contributed by atoms with Crippen molar-refractivity contribution in [1.82, 2.24) is 19.8 Å². The highest BCUT2D eigenvalue weighted by Gasteiger charge is 2.11. The summed E-state index contributed by atoms with van der Waals surface area (Å²) >= 11 is 1.64. The minimum atomic E-state index is 0.749. The molecule has 7 heteroatoms. The van der Waals surface area contributed by atoms with E-state index in [0.717, 1.165) is 42.4 Å². The van der Waals surface area contributed by atoms with Gasteiger partial charge in [0.15, 0.2) is 11.5 Å². The van der Waals surface area contributed by atoms with E-state index >= 15 is 0 Å². The summed E-state index contributed by atoms with van der Waals surface area (Å²) in [5.74, 6) is 1.67. The lowest BCUT2D eigenvalue weighted by molar-refractivity contribution is 0.196. The Bertz CT molecular complexity index is 709. The number of hydrogen-bond acceptors (Lipinski definition) is 6. The van der Waals surface area contributed by atoms with Crippen molar-refractivity contribution < 1.29 is 4.74 Å². The van der Waals surface area contributed by atoms with Crippen LogP contribution in [0.2, 0.25) is 0 Å². The Morgan fingerprint density at radius 3 is 2.95 bits per heavy atom. The maximum Gasteiger partial charge on any atom is 0.186 e. The smallest absolute Gasteiger partial charge is 0.186 e. The summed E-state index contributed by atoms with van der Waals surface area (Å²) in [7, 11) is 3.74. The molecular formula is C14H17N5OS. The van der Waals surface area contributed by atoms with Gasteiger partial charge in [-0.3, -0.25) is 0 Å². The van der Waals surface area contributed by atoms with Gasteiger partial charge in [0.05, 0.1) is 0 Å². The van der Waals surface area contributed by atoms with Crippen molar-refractivity contribution in [3.63, 3.8) is 0 Å². The molecule has 0 aliphatic carbocycles. The third kappa shape index (κ3) is 2.88. The molecule has 3 aromatic heterocycles. The van der Waals surface area contributed by atoms with E-state index in [2.05, 4.69) is 20.2 Å². The van der Waals surface area contributed by atoms with Gasteiger partial charge in [-0.1, -0.05) is 0 Å². The topological polar surface area (TPSA) is 55.5 Å². The summed E-state index contributed by atoms with van der Waals surface area (Å²) in [5.41, 5.74) is 1.80. The highest BCUT2D eigenvalue weighted by Crippen LogP contribution is 2.21. The standard InChI is InChI=1S/C14H17N5OS/c1-18(7-3-8-20-2)13-5-4-12-15-16-14(19(12)17-13)11-6-9-21-10-11/h4-6,9-10H,3,7-8H2,1-2H3. The highest BCUT2D eigenvalue weighted by molar-refractivity contribution is 7.08. The molecule has 0 radical (unpaired) electrons. The van der Waals surface area contributed by atoms with Gasteiger partial charge < -0.3 is 9.64 Å². The molecular weight excluding hydrogens is 286 g/mol. The van der Waals surface area contributed by atoms with Crippen LogP contribution in [0.3, 0.4) is 0 Å². The van der Waals surface area contributed by atoms with E-state index in [1.807, 2.05) is 36.0 Å². The van der Waals surface area contributed by atoms with E-state index in [-0.39, 0.29) is 0 Å². The quantitative estimate of drug-likeness (QED) is 0.654. The van der Waals surface area contributed by atoms with Crippen molar-refractivity contribution in [1.29, 1.82) is 0 Å². The van der Waals surface area contributed by atoms with Crippen molar-refractivity contribution in [3.05, 3.63) is 29.0 Å². The van der Waals surface area contributed by atoms with E-state index in [4.69, 9.17) is 4.74 Å². The van der Waals surface area contributed by atoms with Gasteiger partial charge >= 0.3 is 0 Å². The van der Waals surface area contributed by atoms with Crippen molar-refractivity contribution in [2.45, 2.75) is 6.42 Å². The van der Waals surface area contributed by atoms with Crippen LogP contribution in [0.1, 0.15) is 6.42 Å². The van der Waals surface area contributed by atoms with Gasteiger partial charge in [0.25, 0.3) is 0 Å². The van der Waals surface area contributed by atoms with Gasteiger partial charge in [-0.25, -0.2) is 0 Å². The van der Waals surface area contributed by atoms with Crippen LogP contribution < -0.4 is 4.90 Å². The van der Waals surface area contributed by atoms with Crippen LogP contribution in [0.25, 0.3) is 17.0 Å². The third-order valence-electron chi connectivity index (χ3n) is 3.26. The van der Waals surface area contributed by atoms with Crippen LogP contribution in [0, 0.1) is 0 Å². The zero-order chi connectivity index (χ0) is 14.7. The Kier molecular flexibility index (Phi) is 4.12. The molecule has 0 fully saturated rings. The molecule has 6 nitrogen and oxygen atoms in total. The number of ether oxygens (including phenoxy) is 1. The summed E-state index contributed by atoms with van der Waals surface area (Å²) in [5, 5.41) is 17.1. The SMILES string of the molecule is COCCCN(C)c1ccc2nnc(-c3ccsc3)n2n1. The zero-order valence-corrected chi connectivity index (χ0v) is 12.9. The first-order valence-electron chi connectivity index (χ1n) is 6.74. The molecule has 0 saturated heterocycles. The minimum absolute atomic E-state index is 0.749. The van der Waals surface area contributed by atoms with Crippen molar-refractivity contribution in [2.24, 2.45) is 0 Å². The average Bonchev–Trinajstić information content (AvgIpc) is 3.15. The molecule has 0 unspecified atom stereocenters. The lowest BCUT2D eigenvalue weighted by Gasteiger charge is -2.17. The molecule has 0 saturated carbocycles. The molecule has 0 atom stereocenters. The third-order valence-corrected chi connectivity index (χ3v) is 3.94. The zero-order valence-electron chi connectivity index (χ0n) is 12.1. The molecule has 0 aliphatic heterocycles. The predicted molar refractivity (Wildman–Crippen MR) is 83.9 cm³/mol.